The van der Waals surface area contributed by atoms with E-state index in [1.165, 1.54) is 6.07 Å². The molecule has 0 radical (unpaired) electrons. The first kappa shape index (κ1) is 21.8. The van der Waals surface area contributed by atoms with E-state index in [2.05, 4.69) is 4.98 Å². The fourth-order valence-corrected chi connectivity index (χ4v) is 1.43. The van der Waals surface area contributed by atoms with Gasteiger partial charge in [0.15, 0.2) is 0 Å². The first-order valence-electron chi connectivity index (χ1n) is 4.90. The molecule has 0 saturated heterocycles. The number of aromatic nitrogens is 1. The second kappa shape index (κ2) is 10.3. The molecule has 0 amide bonds. The largest absolute Gasteiger partial charge is 1.00 e. The van der Waals surface area contributed by atoms with Gasteiger partial charge in [0.25, 0.3) is 5.69 Å². The van der Waals surface area contributed by atoms with Crippen molar-refractivity contribution in [2.45, 2.75) is 18.8 Å². The molecule has 0 unspecified atom stereocenters. The minimum Gasteiger partial charge on any atom is -0.550 e. The molecule has 0 bridgehead atoms. The Morgan fingerprint density at radius 2 is 1.65 bits per heavy atom. The number of carbonyl (C=O) groups is 2. The molecule has 0 aliphatic rings. The van der Waals surface area contributed by atoms with E-state index in [1.807, 2.05) is 0 Å². The van der Waals surface area contributed by atoms with E-state index >= 15 is 0 Å². The molecule has 1 rings (SSSR count). The van der Waals surface area contributed by atoms with Crippen molar-refractivity contribution in [3.8, 4) is 0 Å². The summed E-state index contributed by atoms with van der Waals surface area (Å²) in [5, 5.41) is 31.4. The van der Waals surface area contributed by atoms with Gasteiger partial charge in [0.05, 0.1) is 4.92 Å². The fourth-order valence-electron chi connectivity index (χ4n) is 1.43. The zero-order valence-electron chi connectivity index (χ0n) is 11.1. The number of carbonyl (C=O) groups excluding carboxylic acids is 2. The van der Waals surface area contributed by atoms with Gasteiger partial charge in [0.1, 0.15) is 6.20 Å². The Kier molecular flexibility index (Phi) is 11.2. The third-order valence-electron chi connectivity index (χ3n) is 2.23. The summed E-state index contributed by atoms with van der Waals surface area (Å²) in [6, 6.07) is 2.34. The van der Waals surface area contributed by atoms with Crippen LogP contribution in [0, 0.1) is 10.1 Å². The Balaban J connectivity index is 0. The van der Waals surface area contributed by atoms with Gasteiger partial charge < -0.3 is 19.8 Å². The first-order chi connectivity index (χ1) is 8.40. The van der Waals surface area contributed by atoms with Crippen molar-refractivity contribution >= 4 is 17.6 Å². The quantitative estimate of drug-likeness (QED) is 0.289. The summed E-state index contributed by atoms with van der Waals surface area (Å²) in [5.41, 5.74) is -0.131. The van der Waals surface area contributed by atoms with E-state index in [0.29, 0.717) is 0 Å². The van der Waals surface area contributed by atoms with Gasteiger partial charge in [0.2, 0.25) is 0 Å². The van der Waals surface area contributed by atoms with Crippen molar-refractivity contribution in [3.63, 3.8) is 0 Å². The maximum atomic E-state index is 10.5. The van der Waals surface area contributed by atoms with Gasteiger partial charge in [-0.15, -0.1) is 0 Å². The van der Waals surface area contributed by atoms with E-state index in [-0.39, 0.29) is 70.5 Å². The number of nitrogens with zero attached hydrogens (tertiary/aromatic N) is 2. The van der Waals surface area contributed by atoms with Crippen LogP contribution in [-0.2, 0) is 9.59 Å². The first-order valence-corrected chi connectivity index (χ1v) is 4.90. The molecule has 1 aromatic heterocycles. The zero-order valence-corrected chi connectivity index (χ0v) is 15.1. The van der Waals surface area contributed by atoms with Crippen LogP contribution in [0.4, 0.5) is 5.69 Å². The second-order valence-corrected chi connectivity index (χ2v) is 3.55. The zero-order chi connectivity index (χ0) is 13.7. The number of rotatable bonds is 6. The molecule has 0 aromatic carbocycles. The molecule has 0 fully saturated rings. The summed E-state index contributed by atoms with van der Waals surface area (Å²) < 4.78 is 0. The smallest absolute Gasteiger partial charge is 0.550 e. The van der Waals surface area contributed by atoms with Gasteiger partial charge in [-0.3, -0.25) is 15.1 Å². The van der Waals surface area contributed by atoms with Gasteiger partial charge in [-0.1, -0.05) is 0 Å². The normalized spacial score (nSPS) is 9.25. The molecular formula is C10H8N2Na2O6. The number of aliphatic carboxylic acids is 2. The number of nitro groups is 1. The van der Waals surface area contributed by atoms with Gasteiger partial charge in [-0.05, 0) is 18.9 Å². The van der Waals surface area contributed by atoms with Crippen molar-refractivity contribution in [2.24, 2.45) is 0 Å². The topological polar surface area (TPSA) is 136 Å². The predicted molar refractivity (Wildman–Crippen MR) is 52.9 cm³/mol. The maximum Gasteiger partial charge on any atom is 1.00 e. The SMILES string of the molecule is O=C([O-])CC(CC(=O)[O-])c1ccc([N+](=O)[O-])cn1.[Na+].[Na+]. The Morgan fingerprint density at radius 1 is 1.15 bits per heavy atom. The van der Waals surface area contributed by atoms with Crippen molar-refractivity contribution in [1.29, 1.82) is 0 Å². The molecule has 96 valence electrons. The van der Waals surface area contributed by atoms with Crippen LogP contribution >= 0.6 is 0 Å². The van der Waals surface area contributed by atoms with Gasteiger partial charge in [-0.25, -0.2) is 0 Å². The summed E-state index contributed by atoms with van der Waals surface area (Å²) in [6.07, 6.45) is -0.148. The van der Waals surface area contributed by atoms with Gasteiger partial charge in [-0.2, -0.15) is 0 Å². The molecule has 0 aliphatic heterocycles. The Morgan fingerprint density at radius 3 is 1.95 bits per heavy atom. The standard InChI is InChI=1S/C10H10N2O6.2Na/c13-9(14)3-6(4-10(15)16)8-2-1-7(5-11-8)12(17)18;;/h1-2,5-6H,3-4H2,(H,13,14)(H,15,16);;/q;2*+1/p-2. The number of carboxylic acid groups (broad SMARTS) is 2. The summed E-state index contributed by atoms with van der Waals surface area (Å²) in [7, 11) is 0. The van der Waals surface area contributed by atoms with Crippen LogP contribution in [0.5, 0.6) is 0 Å². The maximum absolute atomic E-state index is 10.5. The molecule has 8 nitrogen and oxygen atoms in total. The second-order valence-electron chi connectivity index (χ2n) is 3.55. The molecular weight excluding hydrogens is 290 g/mol. The number of hydrogen-bond acceptors (Lipinski definition) is 7. The van der Waals surface area contributed by atoms with Crippen LogP contribution in [0.1, 0.15) is 24.5 Å². The van der Waals surface area contributed by atoms with Crippen LogP contribution in [0.25, 0.3) is 0 Å². The van der Waals surface area contributed by atoms with E-state index in [0.717, 1.165) is 12.3 Å². The molecule has 0 atom stereocenters. The van der Waals surface area contributed by atoms with Gasteiger partial charge in [0, 0.05) is 29.6 Å². The Labute approximate surface area is 158 Å². The van der Waals surface area contributed by atoms with Crippen LogP contribution in [0.2, 0.25) is 0 Å². The molecule has 20 heavy (non-hydrogen) atoms. The summed E-state index contributed by atoms with van der Waals surface area (Å²) in [4.78, 5) is 34.4. The van der Waals surface area contributed by atoms with E-state index in [1.54, 1.807) is 0 Å². The van der Waals surface area contributed by atoms with E-state index in [9.17, 15) is 29.9 Å². The number of carboxylic acids is 2. The number of hydrogen-bond donors (Lipinski definition) is 0. The summed E-state index contributed by atoms with van der Waals surface area (Å²) in [6.45, 7) is 0. The molecule has 1 aromatic rings. The molecule has 0 aliphatic carbocycles. The van der Waals surface area contributed by atoms with Gasteiger partial charge >= 0.3 is 59.1 Å². The molecule has 0 N–H and O–H groups in total. The molecule has 1 heterocycles. The van der Waals surface area contributed by atoms with Crippen molar-refractivity contribution in [2.75, 3.05) is 0 Å². The third-order valence-corrected chi connectivity index (χ3v) is 2.23. The fraction of sp³-hybridized carbons (Fsp3) is 0.300. The van der Waals surface area contributed by atoms with Crippen LogP contribution in [0.3, 0.4) is 0 Å². The summed E-state index contributed by atoms with van der Waals surface area (Å²) in [5.74, 6) is -3.79. The molecule has 10 heteroatoms. The predicted octanol–water partition coefficient (Wildman–Crippen LogP) is -7.64. The average Bonchev–Trinajstić information content (AvgIpc) is 2.27. The summed E-state index contributed by atoms with van der Waals surface area (Å²) >= 11 is 0. The third kappa shape index (κ3) is 7.32. The number of pyridine rings is 1. The van der Waals surface area contributed by atoms with Crippen LogP contribution in [0.15, 0.2) is 18.3 Å². The van der Waals surface area contributed by atoms with Crippen molar-refractivity contribution in [3.05, 3.63) is 34.1 Å². The average molecular weight is 298 g/mol. The molecule has 0 saturated carbocycles. The van der Waals surface area contributed by atoms with E-state index < -0.39 is 35.6 Å². The Bertz CT molecular complexity index is 463. The van der Waals surface area contributed by atoms with Crippen LogP contribution < -0.4 is 69.3 Å². The van der Waals surface area contributed by atoms with Crippen LogP contribution in [-0.4, -0.2) is 21.8 Å². The minimum absolute atomic E-state index is 0. The molecule has 0 spiro atoms. The van der Waals surface area contributed by atoms with E-state index in [4.69, 9.17) is 0 Å². The Hall–Kier alpha value is -0.510. The van der Waals surface area contributed by atoms with Crippen molar-refractivity contribution < 1.29 is 83.8 Å². The minimum atomic E-state index is -1.43. The monoisotopic (exact) mass is 298 g/mol. The van der Waals surface area contributed by atoms with Crippen molar-refractivity contribution in [1.82, 2.24) is 4.98 Å².